The number of fused-ring (bicyclic) bond motifs is 4. The highest BCUT2D eigenvalue weighted by atomic mass is 32.1. The van der Waals surface area contributed by atoms with Crippen molar-refractivity contribution in [1.82, 2.24) is 13.3 Å². The first kappa shape index (κ1) is 24.0. The largest absolute Gasteiger partial charge is 0.477 e. The molecule has 0 unspecified atom stereocenters. The molecular weight excluding hydrogens is 537 g/mol. The van der Waals surface area contributed by atoms with E-state index in [0.29, 0.717) is 4.88 Å². The van der Waals surface area contributed by atoms with Crippen molar-refractivity contribution >= 4 is 67.9 Å². The average Bonchev–Trinajstić information content (AvgIpc) is 3.73. The lowest BCUT2D eigenvalue weighted by molar-refractivity contribution is -0.132. The van der Waals surface area contributed by atoms with Gasteiger partial charge in [0.05, 0.1) is 22.8 Å². The lowest BCUT2D eigenvalue weighted by Gasteiger charge is -2.09. The fourth-order valence-corrected chi connectivity index (χ4v) is 6.70. The number of nitrogens with zero attached hydrogens (tertiary/aromatic N) is 4. The van der Waals surface area contributed by atoms with Crippen molar-refractivity contribution in [3.8, 4) is 33.3 Å². The third kappa shape index (κ3) is 3.88. The summed E-state index contributed by atoms with van der Waals surface area (Å²) in [4.78, 5) is 12.9. The molecular formula is C32H18N4O2S2. The maximum absolute atomic E-state index is 11.3. The van der Waals surface area contributed by atoms with Crippen molar-refractivity contribution in [1.29, 1.82) is 5.26 Å². The molecule has 0 fully saturated rings. The van der Waals surface area contributed by atoms with Crippen LogP contribution in [0.5, 0.6) is 0 Å². The molecule has 0 aliphatic carbocycles. The number of benzene rings is 4. The van der Waals surface area contributed by atoms with Crippen molar-refractivity contribution in [3.05, 3.63) is 108 Å². The summed E-state index contributed by atoms with van der Waals surface area (Å²) in [6.07, 6.45) is 1.39. The summed E-state index contributed by atoms with van der Waals surface area (Å²) in [6.45, 7) is 0. The van der Waals surface area contributed by atoms with E-state index in [1.165, 1.54) is 39.9 Å². The topological polar surface area (TPSA) is 91.8 Å². The summed E-state index contributed by atoms with van der Waals surface area (Å²) in [6, 6.07) is 35.0. The van der Waals surface area contributed by atoms with Gasteiger partial charge in [0.1, 0.15) is 22.7 Å². The van der Waals surface area contributed by atoms with Gasteiger partial charge in [-0.2, -0.15) is 14.0 Å². The summed E-state index contributed by atoms with van der Waals surface area (Å²) in [7, 11) is 0. The molecule has 0 amide bonds. The van der Waals surface area contributed by atoms with Gasteiger partial charge in [-0.1, -0.05) is 60.7 Å². The van der Waals surface area contributed by atoms with E-state index >= 15 is 0 Å². The molecule has 0 aliphatic rings. The Morgan fingerprint density at radius 1 is 0.825 bits per heavy atom. The second kappa shape index (κ2) is 9.58. The molecule has 0 radical (unpaired) electrons. The molecule has 190 valence electrons. The summed E-state index contributed by atoms with van der Waals surface area (Å²) in [5.74, 6) is -1.24. The lowest BCUT2D eigenvalue weighted by Crippen LogP contribution is -1.96. The van der Waals surface area contributed by atoms with Crippen LogP contribution >= 0.6 is 23.1 Å². The van der Waals surface area contributed by atoms with Crippen LogP contribution in [0.25, 0.3) is 66.2 Å². The van der Waals surface area contributed by atoms with E-state index in [2.05, 4.69) is 86.1 Å². The van der Waals surface area contributed by atoms with Crippen LogP contribution in [0.2, 0.25) is 0 Å². The third-order valence-corrected chi connectivity index (χ3v) is 8.54. The first-order valence-electron chi connectivity index (χ1n) is 12.4. The van der Waals surface area contributed by atoms with Gasteiger partial charge in [-0.15, -0.1) is 11.3 Å². The van der Waals surface area contributed by atoms with Crippen LogP contribution < -0.4 is 0 Å². The number of para-hydroxylation sites is 2. The van der Waals surface area contributed by atoms with Crippen molar-refractivity contribution in [2.24, 2.45) is 0 Å². The number of hydrogen-bond acceptors (Lipinski definition) is 6. The Hall–Kier alpha value is -5.10. The van der Waals surface area contributed by atoms with Crippen molar-refractivity contribution in [2.75, 3.05) is 0 Å². The van der Waals surface area contributed by atoms with Gasteiger partial charge in [0.15, 0.2) is 0 Å². The molecule has 0 bridgehead atoms. The second-order valence-electron chi connectivity index (χ2n) is 9.22. The number of rotatable bonds is 5. The maximum atomic E-state index is 11.3. The molecule has 6 nitrogen and oxygen atoms in total. The standard InChI is InChI=1S/C32H18N4O2S2/c33-18-20(32(37)38)16-22-11-15-29(39-22)26-14-13-23(30-31(26)35-40-34-30)19-10-12-25-24-8-4-5-9-27(24)36(28(25)17-19)21-6-2-1-3-7-21/h1-17H,(H,37,38)/b20-16+. The number of aromatic nitrogens is 3. The smallest absolute Gasteiger partial charge is 0.346 e. The van der Waals surface area contributed by atoms with Crippen LogP contribution in [0.1, 0.15) is 4.88 Å². The molecule has 0 atom stereocenters. The van der Waals surface area contributed by atoms with Crippen molar-refractivity contribution < 1.29 is 9.90 Å². The molecule has 3 heterocycles. The zero-order valence-electron chi connectivity index (χ0n) is 20.8. The van der Waals surface area contributed by atoms with Crippen LogP contribution in [0, 0.1) is 11.3 Å². The number of aliphatic carboxylic acids is 1. The van der Waals surface area contributed by atoms with Gasteiger partial charge in [0.2, 0.25) is 0 Å². The fourth-order valence-electron chi connectivity index (χ4n) is 5.15. The zero-order valence-corrected chi connectivity index (χ0v) is 22.4. The number of carboxylic acid groups (broad SMARTS) is 1. The molecule has 0 saturated heterocycles. The van der Waals surface area contributed by atoms with Gasteiger partial charge < -0.3 is 9.67 Å². The quantitative estimate of drug-likeness (QED) is 0.171. The van der Waals surface area contributed by atoms with E-state index in [1.54, 1.807) is 6.07 Å². The minimum absolute atomic E-state index is 0.299. The summed E-state index contributed by atoms with van der Waals surface area (Å²) < 4.78 is 11.6. The van der Waals surface area contributed by atoms with Crippen molar-refractivity contribution in [3.63, 3.8) is 0 Å². The predicted octanol–water partition coefficient (Wildman–Crippen LogP) is 8.18. The molecule has 0 spiro atoms. The van der Waals surface area contributed by atoms with Gasteiger partial charge in [-0.25, -0.2) is 4.79 Å². The summed E-state index contributed by atoms with van der Waals surface area (Å²) in [5.41, 5.74) is 7.65. The van der Waals surface area contributed by atoms with E-state index in [-0.39, 0.29) is 5.57 Å². The number of carbonyl (C=O) groups is 1. The van der Waals surface area contributed by atoms with E-state index in [9.17, 15) is 9.90 Å². The zero-order chi connectivity index (χ0) is 27.2. The highest BCUT2D eigenvalue weighted by Gasteiger charge is 2.18. The van der Waals surface area contributed by atoms with Crippen LogP contribution in [-0.4, -0.2) is 24.4 Å². The van der Waals surface area contributed by atoms with Gasteiger partial charge in [-0.3, -0.25) is 0 Å². The van der Waals surface area contributed by atoms with E-state index < -0.39 is 5.97 Å². The maximum Gasteiger partial charge on any atom is 0.346 e. The lowest BCUT2D eigenvalue weighted by atomic mass is 9.99. The minimum atomic E-state index is -1.24. The van der Waals surface area contributed by atoms with E-state index in [0.717, 1.165) is 49.3 Å². The Kier molecular flexibility index (Phi) is 5.74. The second-order valence-corrected chi connectivity index (χ2v) is 10.9. The molecule has 3 aromatic heterocycles. The van der Waals surface area contributed by atoms with Crippen LogP contribution in [0.3, 0.4) is 0 Å². The monoisotopic (exact) mass is 554 g/mol. The van der Waals surface area contributed by atoms with Gasteiger partial charge in [0.25, 0.3) is 0 Å². The first-order chi connectivity index (χ1) is 19.6. The highest BCUT2D eigenvalue weighted by molar-refractivity contribution is 7.16. The Bertz CT molecular complexity index is 2160. The normalized spacial score (nSPS) is 11.8. The van der Waals surface area contributed by atoms with Crippen LogP contribution in [0.15, 0.2) is 103 Å². The third-order valence-electron chi connectivity index (χ3n) is 6.94. The Labute approximate surface area is 236 Å². The fraction of sp³-hybridized carbons (Fsp3) is 0. The SMILES string of the molecule is N#C/C(=C\c1ccc(-c2ccc(-c3ccc4c5ccccc5n(-c5ccccc5)c4c3)c3nsnc23)s1)C(=O)O. The predicted molar refractivity (Wildman–Crippen MR) is 162 cm³/mol. The molecule has 40 heavy (non-hydrogen) atoms. The first-order valence-corrected chi connectivity index (χ1v) is 14.0. The van der Waals surface area contributed by atoms with E-state index in [4.69, 9.17) is 5.26 Å². The summed E-state index contributed by atoms with van der Waals surface area (Å²) in [5, 5.41) is 20.7. The number of hydrogen-bond donors (Lipinski definition) is 1. The number of thiophene rings is 1. The molecule has 0 saturated carbocycles. The number of nitriles is 1. The molecule has 8 heteroatoms. The molecule has 4 aromatic carbocycles. The minimum Gasteiger partial charge on any atom is -0.477 e. The van der Waals surface area contributed by atoms with Gasteiger partial charge >= 0.3 is 5.97 Å². The Morgan fingerprint density at radius 2 is 1.55 bits per heavy atom. The van der Waals surface area contributed by atoms with E-state index in [1.807, 2.05) is 24.3 Å². The Morgan fingerprint density at radius 3 is 2.35 bits per heavy atom. The van der Waals surface area contributed by atoms with Crippen molar-refractivity contribution in [2.45, 2.75) is 0 Å². The number of carboxylic acids is 1. The van der Waals surface area contributed by atoms with Gasteiger partial charge in [-0.05, 0) is 48.0 Å². The average molecular weight is 555 g/mol. The van der Waals surface area contributed by atoms with Crippen LogP contribution in [-0.2, 0) is 4.79 Å². The Balaban J connectivity index is 1.38. The van der Waals surface area contributed by atoms with Gasteiger partial charge in [0, 0.05) is 37.3 Å². The van der Waals surface area contributed by atoms with Crippen LogP contribution in [0.4, 0.5) is 0 Å². The highest BCUT2D eigenvalue weighted by Crippen LogP contribution is 2.40. The molecule has 7 rings (SSSR count). The molecule has 0 aliphatic heterocycles. The molecule has 7 aromatic rings. The summed E-state index contributed by atoms with van der Waals surface area (Å²) >= 11 is 2.58. The molecule has 1 N–H and O–H groups in total.